The number of furan rings is 1. The molecule has 3 aromatic rings. The number of carbonyl (C=O) groups excluding carboxylic acids is 1. The highest BCUT2D eigenvalue weighted by Crippen LogP contribution is 2.20. The largest absolute Gasteiger partial charge is 0.467 e. The monoisotopic (exact) mass is 327 g/mol. The highest BCUT2D eigenvalue weighted by molar-refractivity contribution is 5.88. The molecule has 24 heavy (non-hydrogen) atoms. The van der Waals surface area contributed by atoms with Crippen molar-refractivity contribution in [2.24, 2.45) is 0 Å². The van der Waals surface area contributed by atoms with Gasteiger partial charge in [-0.1, -0.05) is 0 Å². The maximum Gasteiger partial charge on any atom is 0.319 e. The summed E-state index contributed by atoms with van der Waals surface area (Å²) in [5.41, 5.74) is 0.512. The first-order valence-corrected chi connectivity index (χ1v) is 7.16. The predicted molar refractivity (Wildman–Crippen MR) is 85.3 cm³/mol. The van der Waals surface area contributed by atoms with Gasteiger partial charge in [-0.25, -0.2) is 14.2 Å². The second kappa shape index (κ2) is 7.28. The molecular weight excluding hydrogens is 313 g/mol. The summed E-state index contributed by atoms with van der Waals surface area (Å²) in [7, 11) is 0. The van der Waals surface area contributed by atoms with Crippen LogP contribution in [0.1, 0.15) is 5.76 Å². The van der Waals surface area contributed by atoms with Gasteiger partial charge in [-0.05, 0) is 42.5 Å². The topological polar surface area (TPSA) is 76.4 Å². The number of anilines is 1. The molecule has 0 spiro atoms. The summed E-state index contributed by atoms with van der Waals surface area (Å²) in [4.78, 5) is 15.8. The van der Waals surface area contributed by atoms with Gasteiger partial charge in [0, 0.05) is 6.07 Å². The van der Waals surface area contributed by atoms with Gasteiger partial charge in [-0.3, -0.25) is 0 Å². The normalized spacial score (nSPS) is 10.2. The molecule has 1 aromatic carbocycles. The molecule has 2 N–H and O–H groups in total. The number of ether oxygens (including phenoxy) is 1. The molecule has 2 aromatic heterocycles. The van der Waals surface area contributed by atoms with Crippen LogP contribution >= 0.6 is 0 Å². The van der Waals surface area contributed by atoms with Crippen LogP contribution in [0.2, 0.25) is 0 Å². The van der Waals surface area contributed by atoms with E-state index in [0.717, 1.165) is 0 Å². The van der Waals surface area contributed by atoms with E-state index in [-0.39, 0.29) is 18.4 Å². The number of aromatic nitrogens is 1. The highest BCUT2D eigenvalue weighted by atomic mass is 19.1. The van der Waals surface area contributed by atoms with Crippen LogP contribution in [0, 0.1) is 5.82 Å². The quantitative estimate of drug-likeness (QED) is 0.744. The second-order valence-electron chi connectivity index (χ2n) is 4.83. The number of urea groups is 1. The number of nitrogens with zero attached hydrogens (tertiary/aromatic N) is 1. The Hall–Kier alpha value is -3.35. The van der Waals surface area contributed by atoms with E-state index < -0.39 is 0 Å². The number of benzene rings is 1. The standard InChI is InChI=1S/C17H14FN3O3/c18-12-3-6-14(7-4-12)24-16-8-5-13(10-19-16)21-17(22)20-11-15-2-1-9-23-15/h1-10H,11H2,(H2,20,21,22). The molecule has 2 heterocycles. The molecular formula is C17H14FN3O3. The average Bonchev–Trinajstić information content (AvgIpc) is 3.10. The Balaban J connectivity index is 1.52. The van der Waals surface area contributed by atoms with E-state index in [0.29, 0.717) is 23.1 Å². The highest BCUT2D eigenvalue weighted by Gasteiger charge is 2.04. The van der Waals surface area contributed by atoms with Crippen LogP contribution in [-0.4, -0.2) is 11.0 Å². The van der Waals surface area contributed by atoms with Crippen LogP contribution in [0.5, 0.6) is 11.6 Å². The van der Waals surface area contributed by atoms with E-state index in [1.165, 1.54) is 30.5 Å². The first-order chi connectivity index (χ1) is 11.7. The van der Waals surface area contributed by atoms with Crippen molar-refractivity contribution in [1.29, 1.82) is 0 Å². The number of halogens is 1. The summed E-state index contributed by atoms with van der Waals surface area (Å²) < 4.78 is 23.4. The van der Waals surface area contributed by atoms with E-state index >= 15 is 0 Å². The van der Waals surface area contributed by atoms with Gasteiger partial charge < -0.3 is 19.8 Å². The van der Waals surface area contributed by atoms with Crippen molar-refractivity contribution < 1.29 is 18.3 Å². The minimum Gasteiger partial charge on any atom is -0.467 e. The Morgan fingerprint density at radius 3 is 2.67 bits per heavy atom. The molecule has 0 bridgehead atoms. The van der Waals surface area contributed by atoms with Crippen molar-refractivity contribution in [1.82, 2.24) is 10.3 Å². The van der Waals surface area contributed by atoms with Gasteiger partial charge in [-0.15, -0.1) is 0 Å². The maximum absolute atomic E-state index is 12.8. The van der Waals surface area contributed by atoms with Crippen LogP contribution in [0.4, 0.5) is 14.9 Å². The number of rotatable bonds is 5. The van der Waals surface area contributed by atoms with E-state index in [2.05, 4.69) is 15.6 Å². The average molecular weight is 327 g/mol. The summed E-state index contributed by atoms with van der Waals surface area (Å²) in [6.07, 6.45) is 3.00. The lowest BCUT2D eigenvalue weighted by molar-refractivity contribution is 0.251. The lowest BCUT2D eigenvalue weighted by atomic mass is 10.3. The Morgan fingerprint density at radius 1 is 1.17 bits per heavy atom. The van der Waals surface area contributed by atoms with Crippen LogP contribution in [0.25, 0.3) is 0 Å². The van der Waals surface area contributed by atoms with Crippen molar-refractivity contribution in [3.63, 3.8) is 0 Å². The molecule has 0 saturated heterocycles. The fraction of sp³-hybridized carbons (Fsp3) is 0.0588. The van der Waals surface area contributed by atoms with Crippen molar-refractivity contribution in [3.05, 3.63) is 72.6 Å². The Morgan fingerprint density at radius 2 is 2.00 bits per heavy atom. The third-order valence-corrected chi connectivity index (χ3v) is 3.03. The fourth-order valence-corrected chi connectivity index (χ4v) is 1.89. The van der Waals surface area contributed by atoms with Gasteiger partial charge in [0.25, 0.3) is 0 Å². The van der Waals surface area contributed by atoms with Crippen molar-refractivity contribution in [2.45, 2.75) is 6.54 Å². The van der Waals surface area contributed by atoms with Gasteiger partial charge in [0.05, 0.1) is 24.7 Å². The molecule has 0 unspecified atom stereocenters. The van der Waals surface area contributed by atoms with Crippen LogP contribution in [0.15, 0.2) is 65.4 Å². The van der Waals surface area contributed by atoms with Crippen molar-refractivity contribution >= 4 is 11.7 Å². The van der Waals surface area contributed by atoms with Crippen molar-refractivity contribution in [2.75, 3.05) is 5.32 Å². The Kier molecular flexibility index (Phi) is 4.71. The smallest absolute Gasteiger partial charge is 0.319 e. The number of pyridine rings is 1. The summed E-state index contributed by atoms with van der Waals surface area (Å²) in [6, 6.07) is 12.0. The number of carbonyl (C=O) groups is 1. The molecule has 3 rings (SSSR count). The van der Waals surface area contributed by atoms with Gasteiger partial charge in [0.1, 0.15) is 17.3 Å². The summed E-state index contributed by atoms with van der Waals surface area (Å²) in [5.74, 6) is 1.13. The second-order valence-corrected chi connectivity index (χ2v) is 4.83. The third kappa shape index (κ3) is 4.33. The SMILES string of the molecule is O=C(NCc1ccco1)Nc1ccc(Oc2ccc(F)cc2)nc1. The van der Waals surface area contributed by atoms with Crippen LogP contribution in [0.3, 0.4) is 0 Å². The number of hydrogen-bond acceptors (Lipinski definition) is 4. The number of nitrogens with one attached hydrogen (secondary N) is 2. The zero-order chi connectivity index (χ0) is 16.8. The number of amides is 2. The molecule has 122 valence electrons. The van der Waals surface area contributed by atoms with Crippen LogP contribution in [-0.2, 0) is 6.54 Å². The van der Waals surface area contributed by atoms with E-state index in [4.69, 9.17) is 9.15 Å². The molecule has 0 aliphatic carbocycles. The number of hydrogen-bond donors (Lipinski definition) is 2. The first kappa shape index (κ1) is 15.5. The van der Waals surface area contributed by atoms with E-state index in [9.17, 15) is 9.18 Å². The first-order valence-electron chi connectivity index (χ1n) is 7.16. The fourth-order valence-electron chi connectivity index (χ4n) is 1.89. The Bertz CT molecular complexity index is 787. The van der Waals surface area contributed by atoms with E-state index in [1.807, 2.05) is 0 Å². The summed E-state index contributed by atoms with van der Waals surface area (Å²) in [6.45, 7) is 0.290. The molecule has 0 atom stereocenters. The minimum absolute atomic E-state index is 0.290. The lowest BCUT2D eigenvalue weighted by Gasteiger charge is -2.08. The zero-order valence-corrected chi connectivity index (χ0v) is 12.5. The Labute approximate surface area is 137 Å². The molecule has 7 heteroatoms. The van der Waals surface area contributed by atoms with Gasteiger partial charge in [0.2, 0.25) is 5.88 Å². The molecule has 0 saturated carbocycles. The molecule has 0 radical (unpaired) electrons. The lowest BCUT2D eigenvalue weighted by Crippen LogP contribution is -2.28. The van der Waals surface area contributed by atoms with Crippen molar-refractivity contribution in [3.8, 4) is 11.6 Å². The maximum atomic E-state index is 12.8. The third-order valence-electron chi connectivity index (χ3n) is 3.03. The molecule has 0 fully saturated rings. The molecule has 0 aliphatic heterocycles. The van der Waals surface area contributed by atoms with E-state index in [1.54, 1.807) is 30.5 Å². The molecule has 6 nitrogen and oxygen atoms in total. The summed E-state index contributed by atoms with van der Waals surface area (Å²) >= 11 is 0. The minimum atomic E-state index is -0.375. The summed E-state index contributed by atoms with van der Waals surface area (Å²) in [5, 5.41) is 5.30. The molecule has 2 amide bonds. The van der Waals surface area contributed by atoms with Gasteiger partial charge >= 0.3 is 6.03 Å². The predicted octanol–water partition coefficient (Wildman–Crippen LogP) is 3.93. The van der Waals surface area contributed by atoms with Crippen LogP contribution < -0.4 is 15.4 Å². The van der Waals surface area contributed by atoms with Gasteiger partial charge in [0.15, 0.2) is 0 Å². The molecule has 0 aliphatic rings. The van der Waals surface area contributed by atoms with Gasteiger partial charge in [-0.2, -0.15) is 0 Å². The zero-order valence-electron chi connectivity index (χ0n) is 12.5.